The minimum atomic E-state index is -4.06. The van der Waals surface area contributed by atoms with Gasteiger partial charge < -0.3 is 4.57 Å². The average Bonchev–Trinajstić information content (AvgIpc) is 3.17. The van der Waals surface area contributed by atoms with E-state index in [2.05, 4.69) is 47.1 Å². The SMILES string of the molecule is Cc1ccc(-n2c(C)cc(/C=N/NC(=O)CN(c3ccc(C)c(C)c3)S(=O)(=O)c3ccc(Cl)cc3)c2C)c(C)c1. The quantitative estimate of drug-likeness (QED) is 0.197. The van der Waals surface area contributed by atoms with Crippen LogP contribution in [0.4, 0.5) is 5.69 Å². The maximum absolute atomic E-state index is 13.6. The molecule has 0 spiro atoms. The third-order valence-corrected chi connectivity index (χ3v) is 8.96. The first-order valence-electron chi connectivity index (χ1n) is 12.8. The van der Waals surface area contributed by atoms with Crippen LogP contribution in [-0.4, -0.2) is 31.7 Å². The van der Waals surface area contributed by atoms with Gasteiger partial charge in [-0.2, -0.15) is 5.10 Å². The van der Waals surface area contributed by atoms with Gasteiger partial charge in [0, 0.05) is 27.7 Å². The van der Waals surface area contributed by atoms with Gasteiger partial charge in [0.1, 0.15) is 6.54 Å². The van der Waals surface area contributed by atoms with Crippen LogP contribution in [0.25, 0.3) is 5.69 Å². The zero-order valence-electron chi connectivity index (χ0n) is 23.5. The Morgan fingerprint density at radius 1 is 0.900 bits per heavy atom. The minimum Gasteiger partial charge on any atom is -0.318 e. The van der Waals surface area contributed by atoms with Crippen LogP contribution < -0.4 is 9.73 Å². The first kappa shape index (κ1) is 29.1. The zero-order chi connectivity index (χ0) is 29.2. The second kappa shape index (κ2) is 11.7. The van der Waals surface area contributed by atoms with Crippen LogP contribution in [0.3, 0.4) is 0 Å². The third kappa shape index (κ3) is 6.13. The van der Waals surface area contributed by atoms with E-state index in [0.717, 1.165) is 43.6 Å². The van der Waals surface area contributed by atoms with Crippen LogP contribution in [0.2, 0.25) is 5.02 Å². The first-order valence-corrected chi connectivity index (χ1v) is 14.6. The number of nitrogens with one attached hydrogen (secondary N) is 1. The summed E-state index contributed by atoms with van der Waals surface area (Å²) in [5.41, 5.74) is 11.1. The van der Waals surface area contributed by atoms with Crippen molar-refractivity contribution in [2.24, 2.45) is 5.10 Å². The van der Waals surface area contributed by atoms with Crippen molar-refractivity contribution in [3.05, 3.63) is 111 Å². The summed E-state index contributed by atoms with van der Waals surface area (Å²) in [5.74, 6) is -0.574. The second-order valence-corrected chi connectivity index (χ2v) is 12.3. The molecular formula is C31H33ClN4O3S. The van der Waals surface area contributed by atoms with Crippen LogP contribution in [0.15, 0.2) is 76.7 Å². The number of benzene rings is 3. The lowest BCUT2D eigenvalue weighted by molar-refractivity contribution is -0.119. The number of nitrogens with zero attached hydrogens (tertiary/aromatic N) is 3. The number of rotatable bonds is 8. The number of amides is 1. The van der Waals surface area contributed by atoms with E-state index in [1.807, 2.05) is 39.8 Å². The molecule has 4 rings (SSSR count). The molecule has 0 radical (unpaired) electrons. The smallest absolute Gasteiger partial charge is 0.264 e. The van der Waals surface area contributed by atoms with Crippen molar-refractivity contribution in [2.45, 2.75) is 46.4 Å². The number of sulfonamides is 1. The minimum absolute atomic E-state index is 0.0327. The molecule has 0 aliphatic heterocycles. The summed E-state index contributed by atoms with van der Waals surface area (Å²) in [5, 5.41) is 4.57. The van der Waals surface area contributed by atoms with Crippen molar-refractivity contribution in [1.82, 2.24) is 9.99 Å². The summed E-state index contributed by atoms with van der Waals surface area (Å²) in [6.07, 6.45) is 1.58. The maximum Gasteiger partial charge on any atom is 0.264 e. The van der Waals surface area contributed by atoms with Crippen LogP contribution in [0.5, 0.6) is 0 Å². The molecule has 7 nitrogen and oxygen atoms in total. The lowest BCUT2D eigenvalue weighted by Gasteiger charge is -2.24. The molecule has 0 bridgehead atoms. The van der Waals surface area contributed by atoms with Crippen molar-refractivity contribution in [3.8, 4) is 5.69 Å². The Morgan fingerprint density at radius 3 is 2.25 bits per heavy atom. The first-order chi connectivity index (χ1) is 18.9. The molecular weight excluding hydrogens is 544 g/mol. The number of anilines is 1. The van der Waals surface area contributed by atoms with Crippen LogP contribution >= 0.6 is 11.6 Å². The number of aryl methyl sites for hydroxylation is 5. The predicted octanol–water partition coefficient (Wildman–Crippen LogP) is 6.33. The number of carbonyl (C=O) groups excluding carboxylic acids is 1. The molecule has 40 heavy (non-hydrogen) atoms. The molecule has 4 aromatic rings. The van der Waals surface area contributed by atoms with E-state index in [-0.39, 0.29) is 4.90 Å². The topological polar surface area (TPSA) is 83.8 Å². The molecule has 1 aromatic heterocycles. The van der Waals surface area contributed by atoms with E-state index in [0.29, 0.717) is 10.7 Å². The molecule has 0 saturated carbocycles. The molecule has 1 amide bonds. The van der Waals surface area contributed by atoms with E-state index in [9.17, 15) is 13.2 Å². The van der Waals surface area contributed by atoms with Crippen molar-refractivity contribution in [1.29, 1.82) is 0 Å². The molecule has 0 aliphatic rings. The highest BCUT2D eigenvalue weighted by molar-refractivity contribution is 7.92. The highest BCUT2D eigenvalue weighted by Gasteiger charge is 2.27. The van der Waals surface area contributed by atoms with E-state index in [1.54, 1.807) is 18.3 Å². The monoisotopic (exact) mass is 576 g/mol. The molecule has 208 valence electrons. The van der Waals surface area contributed by atoms with Gasteiger partial charge in [-0.15, -0.1) is 0 Å². The summed E-state index contributed by atoms with van der Waals surface area (Å²) < 4.78 is 30.4. The number of aromatic nitrogens is 1. The molecule has 0 saturated heterocycles. The van der Waals surface area contributed by atoms with Gasteiger partial charge in [0.25, 0.3) is 15.9 Å². The fourth-order valence-electron chi connectivity index (χ4n) is 4.61. The van der Waals surface area contributed by atoms with E-state index >= 15 is 0 Å². The molecule has 0 atom stereocenters. The van der Waals surface area contributed by atoms with Gasteiger partial charge in [0.05, 0.1) is 16.8 Å². The van der Waals surface area contributed by atoms with Gasteiger partial charge in [0.2, 0.25) is 0 Å². The number of halogens is 1. The van der Waals surface area contributed by atoms with Gasteiger partial charge in [-0.25, -0.2) is 13.8 Å². The second-order valence-electron chi connectivity index (χ2n) is 9.98. The summed E-state index contributed by atoms with van der Waals surface area (Å²) in [6.45, 7) is 11.5. The summed E-state index contributed by atoms with van der Waals surface area (Å²) >= 11 is 5.97. The Bertz CT molecular complexity index is 1710. The molecule has 0 fully saturated rings. The summed E-state index contributed by atoms with van der Waals surface area (Å²) in [7, 11) is -4.06. The number of hydrogen-bond acceptors (Lipinski definition) is 4. The average molecular weight is 577 g/mol. The highest BCUT2D eigenvalue weighted by atomic mass is 35.5. The van der Waals surface area contributed by atoms with Gasteiger partial charge in [-0.1, -0.05) is 35.4 Å². The fourth-order valence-corrected chi connectivity index (χ4v) is 6.15. The Morgan fingerprint density at radius 2 is 1.60 bits per heavy atom. The van der Waals surface area contributed by atoms with Crippen molar-refractivity contribution in [2.75, 3.05) is 10.8 Å². The molecule has 0 unspecified atom stereocenters. The Hall–Kier alpha value is -3.88. The van der Waals surface area contributed by atoms with Crippen molar-refractivity contribution >= 4 is 39.4 Å². The van der Waals surface area contributed by atoms with Crippen LogP contribution in [0, 0.1) is 41.5 Å². The highest BCUT2D eigenvalue weighted by Crippen LogP contribution is 2.27. The predicted molar refractivity (Wildman–Crippen MR) is 162 cm³/mol. The van der Waals surface area contributed by atoms with E-state index in [1.165, 1.54) is 29.8 Å². The Labute approximate surface area is 241 Å². The molecule has 3 aromatic carbocycles. The molecule has 9 heteroatoms. The maximum atomic E-state index is 13.6. The Balaban J connectivity index is 1.58. The zero-order valence-corrected chi connectivity index (χ0v) is 25.1. The van der Waals surface area contributed by atoms with Gasteiger partial charge in [-0.3, -0.25) is 9.10 Å². The molecule has 1 N–H and O–H groups in total. The third-order valence-electron chi connectivity index (χ3n) is 6.92. The molecule has 1 heterocycles. The Kier molecular flexibility index (Phi) is 8.51. The van der Waals surface area contributed by atoms with Crippen molar-refractivity contribution < 1.29 is 13.2 Å². The van der Waals surface area contributed by atoms with E-state index < -0.39 is 22.5 Å². The number of hydrogen-bond donors (Lipinski definition) is 1. The summed E-state index contributed by atoms with van der Waals surface area (Å²) in [6, 6.07) is 19.4. The van der Waals surface area contributed by atoms with Crippen LogP contribution in [-0.2, 0) is 14.8 Å². The summed E-state index contributed by atoms with van der Waals surface area (Å²) in [4.78, 5) is 13.0. The van der Waals surface area contributed by atoms with E-state index in [4.69, 9.17) is 11.6 Å². The van der Waals surface area contributed by atoms with Gasteiger partial charge in [0.15, 0.2) is 0 Å². The lowest BCUT2D eigenvalue weighted by atomic mass is 10.1. The number of hydrazone groups is 1. The van der Waals surface area contributed by atoms with Gasteiger partial charge in [-0.05, 0) is 107 Å². The largest absolute Gasteiger partial charge is 0.318 e. The van der Waals surface area contributed by atoms with Crippen LogP contribution in [0.1, 0.15) is 39.2 Å². The lowest BCUT2D eigenvalue weighted by Crippen LogP contribution is -2.39. The fraction of sp³-hybridized carbons (Fsp3) is 0.226. The normalized spacial score (nSPS) is 11.7. The van der Waals surface area contributed by atoms with Gasteiger partial charge >= 0.3 is 0 Å². The standard InChI is InChI=1S/C31H33ClN4O3S/c1-20-7-14-30(23(4)15-20)36-24(5)17-26(25(36)6)18-33-34-31(37)19-35(28-11-8-21(2)22(3)16-28)40(38,39)29-12-9-27(32)10-13-29/h7-18H,19H2,1-6H3,(H,34,37)/b33-18+. The van der Waals surface area contributed by atoms with Crippen molar-refractivity contribution in [3.63, 3.8) is 0 Å². The molecule has 0 aliphatic carbocycles. The number of carbonyl (C=O) groups is 1.